The van der Waals surface area contributed by atoms with Crippen LogP contribution in [0, 0.1) is 11.3 Å². The van der Waals surface area contributed by atoms with Crippen LogP contribution in [0.4, 0.5) is 0 Å². The number of carbonyl (C=O) groups is 1. The lowest BCUT2D eigenvalue weighted by Crippen LogP contribution is -2.67. The number of carboxylic acid groups (broad SMARTS) is 1. The molecule has 0 spiro atoms. The van der Waals surface area contributed by atoms with E-state index in [0.717, 1.165) is 0 Å². The van der Waals surface area contributed by atoms with Gasteiger partial charge in [0.1, 0.15) is 48.8 Å². The average molecular weight is 541 g/mol. The Hall–Kier alpha value is -1.01. The molecule has 3 saturated heterocycles. The van der Waals surface area contributed by atoms with E-state index < -0.39 is 110 Å². The average Bonchev–Trinajstić information content (AvgIpc) is 2.81. The molecule has 0 saturated carbocycles. The van der Waals surface area contributed by atoms with Crippen molar-refractivity contribution in [3.8, 4) is 0 Å². The van der Waals surface area contributed by atoms with Crippen LogP contribution in [0.5, 0.6) is 0 Å². The summed E-state index contributed by atoms with van der Waals surface area (Å²) in [6.07, 6.45) is -20.1. The molecule has 15 atom stereocenters. The third kappa shape index (κ3) is 6.10. The number of carboxylic acids is 1. The van der Waals surface area contributed by atoms with Crippen LogP contribution >= 0.6 is 0 Å². The molecule has 15 unspecified atom stereocenters. The Balaban J connectivity index is 1.81. The Kier molecular flexibility index (Phi) is 9.59. The maximum Gasteiger partial charge on any atom is 0.335 e. The van der Waals surface area contributed by atoms with E-state index in [4.69, 9.17) is 23.7 Å². The van der Waals surface area contributed by atoms with Gasteiger partial charge in [-0.25, -0.2) is 4.79 Å². The van der Waals surface area contributed by atoms with Gasteiger partial charge in [0, 0.05) is 5.92 Å². The molecule has 0 radical (unpaired) electrons. The summed E-state index contributed by atoms with van der Waals surface area (Å²) in [6.45, 7) is 7.50. The molecule has 3 aliphatic rings. The van der Waals surface area contributed by atoms with Crippen molar-refractivity contribution in [3.63, 3.8) is 0 Å². The first-order chi connectivity index (χ1) is 17.1. The molecule has 3 heterocycles. The molecular weight excluding hydrogens is 500 g/mol. The highest BCUT2D eigenvalue weighted by molar-refractivity contribution is 5.73. The first kappa shape index (κ1) is 30.5. The Morgan fingerprint density at radius 2 is 1.30 bits per heavy atom. The predicted molar refractivity (Wildman–Crippen MR) is 121 cm³/mol. The van der Waals surface area contributed by atoms with Gasteiger partial charge in [-0.2, -0.15) is 0 Å². The molecule has 0 bridgehead atoms. The van der Waals surface area contributed by atoms with Gasteiger partial charge in [-0.3, -0.25) is 0 Å². The van der Waals surface area contributed by atoms with E-state index >= 15 is 0 Å². The highest BCUT2D eigenvalue weighted by Crippen LogP contribution is 2.37. The van der Waals surface area contributed by atoms with Gasteiger partial charge in [-0.1, -0.05) is 27.7 Å². The zero-order chi connectivity index (χ0) is 28.0. The van der Waals surface area contributed by atoms with Crippen molar-refractivity contribution in [1.29, 1.82) is 0 Å². The molecular formula is C23H40O14. The largest absolute Gasteiger partial charge is 0.479 e. The Morgan fingerprint density at radius 1 is 0.757 bits per heavy atom. The van der Waals surface area contributed by atoms with E-state index in [9.17, 15) is 45.6 Å². The van der Waals surface area contributed by atoms with Crippen molar-refractivity contribution in [1.82, 2.24) is 0 Å². The van der Waals surface area contributed by atoms with E-state index in [2.05, 4.69) is 0 Å². The highest BCUT2D eigenvalue weighted by Gasteiger charge is 2.55. The smallest absolute Gasteiger partial charge is 0.335 e. The lowest BCUT2D eigenvalue weighted by Gasteiger charge is -2.49. The molecule has 0 aliphatic carbocycles. The van der Waals surface area contributed by atoms with Crippen LogP contribution in [-0.2, 0) is 28.5 Å². The maximum atomic E-state index is 11.7. The minimum Gasteiger partial charge on any atom is -0.479 e. The summed E-state index contributed by atoms with van der Waals surface area (Å²) < 4.78 is 27.9. The van der Waals surface area contributed by atoms with Crippen molar-refractivity contribution in [2.75, 3.05) is 6.61 Å². The van der Waals surface area contributed by atoms with Gasteiger partial charge in [0.2, 0.25) is 0 Å². The number of hydrogen-bond donors (Lipinski definition) is 8. The summed E-state index contributed by atoms with van der Waals surface area (Å²) in [5.41, 5.74) is -0.755. The van der Waals surface area contributed by atoms with Gasteiger partial charge in [0.15, 0.2) is 18.7 Å². The highest BCUT2D eigenvalue weighted by atomic mass is 16.7. The van der Waals surface area contributed by atoms with Gasteiger partial charge in [0.05, 0.1) is 24.9 Å². The minimum absolute atomic E-state index is 0.571. The van der Waals surface area contributed by atoms with Crippen LogP contribution in [0.25, 0.3) is 0 Å². The Labute approximate surface area is 214 Å². The quantitative estimate of drug-likeness (QED) is 0.167. The summed E-state index contributed by atoms with van der Waals surface area (Å²) in [5, 5.41) is 82.9. The van der Waals surface area contributed by atoms with Crippen LogP contribution in [0.15, 0.2) is 0 Å². The zero-order valence-corrected chi connectivity index (χ0v) is 21.4. The van der Waals surface area contributed by atoms with E-state index in [0.29, 0.717) is 0 Å². The number of ether oxygens (including phenoxy) is 5. The number of aliphatic hydroxyl groups is 7. The Bertz CT molecular complexity index is 773. The number of rotatable bonds is 6. The summed E-state index contributed by atoms with van der Waals surface area (Å²) in [6, 6.07) is 0. The molecule has 3 rings (SSSR count). The first-order valence-electron chi connectivity index (χ1n) is 12.3. The van der Waals surface area contributed by atoms with Crippen LogP contribution in [0.2, 0.25) is 0 Å². The topological polar surface area (TPSA) is 225 Å². The van der Waals surface area contributed by atoms with Gasteiger partial charge in [-0.15, -0.1) is 0 Å². The van der Waals surface area contributed by atoms with E-state index in [1.54, 1.807) is 20.8 Å². The molecule has 37 heavy (non-hydrogen) atoms. The second kappa shape index (κ2) is 11.6. The lowest BCUT2D eigenvalue weighted by atomic mass is 9.80. The zero-order valence-electron chi connectivity index (χ0n) is 21.4. The third-order valence-corrected chi connectivity index (χ3v) is 7.27. The molecule has 216 valence electrons. The molecule has 8 N–H and O–H groups in total. The van der Waals surface area contributed by atoms with Crippen molar-refractivity contribution < 1.29 is 69.3 Å². The van der Waals surface area contributed by atoms with Crippen LogP contribution in [0.3, 0.4) is 0 Å². The summed E-state index contributed by atoms with van der Waals surface area (Å²) >= 11 is 0. The fraction of sp³-hybridized carbons (Fsp3) is 0.957. The van der Waals surface area contributed by atoms with Crippen molar-refractivity contribution in [2.45, 2.75) is 120 Å². The van der Waals surface area contributed by atoms with Crippen molar-refractivity contribution in [3.05, 3.63) is 0 Å². The molecule has 3 aliphatic heterocycles. The van der Waals surface area contributed by atoms with Gasteiger partial charge in [-0.05, 0) is 12.3 Å². The second-order valence-corrected chi connectivity index (χ2v) is 11.1. The van der Waals surface area contributed by atoms with Crippen molar-refractivity contribution in [2.24, 2.45) is 11.3 Å². The summed E-state index contributed by atoms with van der Waals surface area (Å²) in [4.78, 5) is 11.7. The molecule has 0 aromatic carbocycles. The van der Waals surface area contributed by atoms with Crippen LogP contribution in [0.1, 0.15) is 34.6 Å². The first-order valence-corrected chi connectivity index (χ1v) is 12.3. The van der Waals surface area contributed by atoms with Gasteiger partial charge in [0.25, 0.3) is 0 Å². The lowest BCUT2D eigenvalue weighted by molar-refractivity contribution is -0.368. The predicted octanol–water partition coefficient (Wildman–Crippen LogP) is -3.08. The molecule has 0 aromatic heterocycles. The minimum atomic E-state index is -1.83. The monoisotopic (exact) mass is 540 g/mol. The number of aliphatic carboxylic acids is 1. The number of hydrogen-bond acceptors (Lipinski definition) is 13. The van der Waals surface area contributed by atoms with Crippen molar-refractivity contribution >= 4 is 5.97 Å². The maximum absolute atomic E-state index is 11.7. The normalized spacial score (nSPS) is 49.6. The molecule has 0 amide bonds. The molecule has 0 aromatic rings. The molecule has 3 fully saturated rings. The van der Waals surface area contributed by atoms with Crippen LogP contribution < -0.4 is 0 Å². The number of aliphatic hydroxyl groups excluding tert-OH is 7. The molecule has 14 nitrogen and oxygen atoms in total. The second-order valence-electron chi connectivity index (χ2n) is 11.1. The SMILES string of the molecule is CC1OC(OC2C(O)C(C(=O)O)OC(C(C)(C)C)C2O)C(O)C(OC2OC(CO)C(O)C(C)C2O)C1O. The fourth-order valence-corrected chi connectivity index (χ4v) is 4.91. The van der Waals surface area contributed by atoms with Gasteiger partial charge >= 0.3 is 5.97 Å². The summed E-state index contributed by atoms with van der Waals surface area (Å²) in [5.74, 6) is -2.25. The van der Waals surface area contributed by atoms with Gasteiger partial charge < -0.3 is 64.5 Å². The fourth-order valence-electron chi connectivity index (χ4n) is 4.91. The standard InChI is InChI=1S/C23H40O14/c1-7-10(25)9(6-24)34-21(11(7)26)36-16-12(27)8(2)33-22(15(16)30)37-17-13(28)18(20(31)32)35-19(14(17)29)23(3,4)5/h7-19,21-22,24-30H,6H2,1-5H3,(H,31,32). The summed E-state index contributed by atoms with van der Waals surface area (Å²) in [7, 11) is 0. The Morgan fingerprint density at radius 3 is 1.81 bits per heavy atom. The van der Waals surface area contributed by atoms with E-state index in [1.165, 1.54) is 13.8 Å². The van der Waals surface area contributed by atoms with E-state index in [1.807, 2.05) is 0 Å². The third-order valence-electron chi connectivity index (χ3n) is 7.27. The van der Waals surface area contributed by atoms with Crippen LogP contribution in [-0.4, -0.2) is 139 Å². The molecule has 14 heteroatoms. The van der Waals surface area contributed by atoms with E-state index in [-0.39, 0.29) is 0 Å².